The lowest BCUT2D eigenvalue weighted by Crippen LogP contribution is -2.31. The van der Waals surface area contributed by atoms with Crippen molar-refractivity contribution in [3.05, 3.63) is 63.7 Å². The number of carbonyl (C=O) groups is 1. The standard InChI is InChI=1S/C19H22N2O5/c1-4-14-5-7-15(8-6-14)13(2)20-19(22)12-26-18-11-16(21(23)24)9-10-17(18)25-3/h5-11,13H,4,12H2,1-3H3,(H,20,22)/t13-/m0/s1. The van der Waals surface area contributed by atoms with Gasteiger partial charge in [-0.1, -0.05) is 31.2 Å². The molecular weight excluding hydrogens is 336 g/mol. The Hall–Kier alpha value is -3.09. The Balaban J connectivity index is 1.97. The Labute approximate surface area is 152 Å². The number of amides is 1. The average molecular weight is 358 g/mol. The van der Waals surface area contributed by atoms with Crippen molar-refractivity contribution in [2.45, 2.75) is 26.3 Å². The Bertz CT molecular complexity index is 774. The zero-order chi connectivity index (χ0) is 19.1. The fraction of sp³-hybridized carbons (Fsp3) is 0.316. The Kier molecular flexibility index (Phi) is 6.54. The molecule has 7 heteroatoms. The first-order valence-corrected chi connectivity index (χ1v) is 8.28. The van der Waals surface area contributed by atoms with Crippen LogP contribution < -0.4 is 14.8 Å². The molecule has 0 bridgehead atoms. The number of methoxy groups -OCH3 is 1. The van der Waals surface area contributed by atoms with Gasteiger partial charge in [-0.25, -0.2) is 0 Å². The number of benzene rings is 2. The third kappa shape index (κ3) is 4.95. The minimum Gasteiger partial charge on any atom is -0.493 e. The number of hydrogen-bond acceptors (Lipinski definition) is 5. The van der Waals surface area contributed by atoms with Crippen molar-refractivity contribution in [2.75, 3.05) is 13.7 Å². The molecule has 0 unspecified atom stereocenters. The van der Waals surface area contributed by atoms with E-state index >= 15 is 0 Å². The van der Waals surface area contributed by atoms with Crippen LogP contribution in [0.5, 0.6) is 11.5 Å². The fourth-order valence-corrected chi connectivity index (χ4v) is 2.44. The zero-order valence-corrected chi connectivity index (χ0v) is 15.0. The van der Waals surface area contributed by atoms with Crippen LogP contribution in [0.25, 0.3) is 0 Å². The average Bonchev–Trinajstić information content (AvgIpc) is 2.66. The SMILES string of the molecule is CCc1ccc([C@H](C)NC(=O)COc2cc([N+](=O)[O-])ccc2OC)cc1. The molecule has 0 aliphatic heterocycles. The highest BCUT2D eigenvalue weighted by Gasteiger charge is 2.15. The molecule has 1 atom stereocenters. The first kappa shape index (κ1) is 19.2. The lowest BCUT2D eigenvalue weighted by atomic mass is 10.1. The summed E-state index contributed by atoms with van der Waals surface area (Å²) in [5.74, 6) is 0.147. The van der Waals surface area contributed by atoms with Crippen LogP contribution >= 0.6 is 0 Å². The highest BCUT2D eigenvalue weighted by Crippen LogP contribution is 2.31. The van der Waals surface area contributed by atoms with E-state index in [9.17, 15) is 14.9 Å². The number of carbonyl (C=O) groups excluding carboxylic acids is 1. The van der Waals surface area contributed by atoms with E-state index in [4.69, 9.17) is 9.47 Å². The molecule has 7 nitrogen and oxygen atoms in total. The summed E-state index contributed by atoms with van der Waals surface area (Å²) in [5.41, 5.74) is 2.09. The van der Waals surface area contributed by atoms with Gasteiger partial charge in [-0.2, -0.15) is 0 Å². The van der Waals surface area contributed by atoms with Crippen molar-refractivity contribution in [1.29, 1.82) is 0 Å². The van der Waals surface area contributed by atoms with Crippen LogP contribution in [0.3, 0.4) is 0 Å². The van der Waals surface area contributed by atoms with Gasteiger partial charge in [0.1, 0.15) is 0 Å². The van der Waals surface area contributed by atoms with Gasteiger partial charge in [-0.3, -0.25) is 14.9 Å². The van der Waals surface area contributed by atoms with Crippen LogP contribution in [-0.2, 0) is 11.2 Å². The number of non-ortho nitro benzene ring substituents is 1. The van der Waals surface area contributed by atoms with Crippen LogP contribution in [0.2, 0.25) is 0 Å². The first-order chi connectivity index (χ1) is 12.4. The van der Waals surface area contributed by atoms with Crippen molar-refractivity contribution >= 4 is 11.6 Å². The highest BCUT2D eigenvalue weighted by molar-refractivity contribution is 5.78. The van der Waals surface area contributed by atoms with E-state index in [2.05, 4.69) is 12.2 Å². The van der Waals surface area contributed by atoms with Crippen molar-refractivity contribution in [3.8, 4) is 11.5 Å². The summed E-state index contributed by atoms with van der Waals surface area (Å²) in [4.78, 5) is 22.5. The quantitative estimate of drug-likeness (QED) is 0.577. The van der Waals surface area contributed by atoms with E-state index in [0.29, 0.717) is 5.75 Å². The summed E-state index contributed by atoms with van der Waals surface area (Å²) in [7, 11) is 1.43. The minimum absolute atomic E-state index is 0.134. The van der Waals surface area contributed by atoms with Crippen LogP contribution in [0.15, 0.2) is 42.5 Å². The largest absolute Gasteiger partial charge is 0.493 e. The minimum atomic E-state index is -0.533. The Morgan fingerprint density at radius 1 is 1.19 bits per heavy atom. The van der Waals surface area contributed by atoms with Gasteiger partial charge in [-0.05, 0) is 30.5 Å². The molecule has 1 amide bonds. The predicted molar refractivity (Wildman–Crippen MR) is 97.5 cm³/mol. The first-order valence-electron chi connectivity index (χ1n) is 8.28. The van der Waals surface area contributed by atoms with Crippen LogP contribution in [0, 0.1) is 10.1 Å². The molecule has 0 aliphatic rings. The zero-order valence-electron chi connectivity index (χ0n) is 15.0. The summed E-state index contributed by atoms with van der Waals surface area (Å²) in [6, 6.07) is 11.8. The smallest absolute Gasteiger partial charge is 0.273 e. The molecule has 2 aromatic carbocycles. The van der Waals surface area contributed by atoms with Gasteiger partial charge >= 0.3 is 0 Å². The lowest BCUT2D eigenvalue weighted by molar-refractivity contribution is -0.385. The van der Waals surface area contributed by atoms with Gasteiger partial charge in [0.05, 0.1) is 24.1 Å². The summed E-state index contributed by atoms with van der Waals surface area (Å²) in [5, 5.41) is 13.7. The van der Waals surface area contributed by atoms with Gasteiger partial charge in [-0.15, -0.1) is 0 Å². The van der Waals surface area contributed by atoms with E-state index in [0.717, 1.165) is 12.0 Å². The maximum atomic E-state index is 12.1. The second-order valence-corrected chi connectivity index (χ2v) is 5.77. The molecule has 138 valence electrons. The van der Waals surface area contributed by atoms with E-state index in [-0.39, 0.29) is 30.0 Å². The maximum absolute atomic E-state index is 12.1. The Morgan fingerprint density at radius 2 is 1.88 bits per heavy atom. The van der Waals surface area contributed by atoms with Gasteiger partial charge < -0.3 is 14.8 Å². The second kappa shape index (κ2) is 8.84. The molecule has 0 fully saturated rings. The number of ether oxygens (including phenoxy) is 2. The third-order valence-corrected chi connectivity index (χ3v) is 3.98. The van der Waals surface area contributed by atoms with Crippen LogP contribution in [0.4, 0.5) is 5.69 Å². The molecule has 26 heavy (non-hydrogen) atoms. The molecule has 0 aromatic heterocycles. The van der Waals surface area contributed by atoms with Crippen molar-refractivity contribution in [2.24, 2.45) is 0 Å². The summed E-state index contributed by atoms with van der Waals surface area (Å²) < 4.78 is 10.5. The normalized spacial score (nSPS) is 11.5. The Morgan fingerprint density at radius 3 is 2.46 bits per heavy atom. The van der Waals surface area contributed by atoms with Crippen molar-refractivity contribution < 1.29 is 19.2 Å². The van der Waals surface area contributed by atoms with E-state index in [1.807, 2.05) is 31.2 Å². The molecular formula is C19H22N2O5. The number of aryl methyl sites for hydroxylation is 1. The molecule has 0 radical (unpaired) electrons. The van der Waals surface area contributed by atoms with E-state index < -0.39 is 4.92 Å². The molecule has 0 saturated carbocycles. The third-order valence-electron chi connectivity index (χ3n) is 3.98. The van der Waals surface area contributed by atoms with Crippen molar-refractivity contribution in [1.82, 2.24) is 5.32 Å². The van der Waals surface area contributed by atoms with Crippen molar-refractivity contribution in [3.63, 3.8) is 0 Å². The number of nitrogens with zero attached hydrogens (tertiary/aromatic N) is 1. The molecule has 0 spiro atoms. The van der Waals surface area contributed by atoms with Gasteiger partial charge in [0, 0.05) is 6.07 Å². The summed E-state index contributed by atoms with van der Waals surface area (Å²) in [6.45, 7) is 3.70. The molecule has 2 rings (SSSR count). The number of nitro groups is 1. The van der Waals surface area contributed by atoms with E-state index in [1.54, 1.807) is 0 Å². The van der Waals surface area contributed by atoms with Crippen LogP contribution in [-0.4, -0.2) is 24.5 Å². The number of nitrogens with one attached hydrogen (secondary N) is 1. The molecule has 0 heterocycles. The molecule has 2 aromatic rings. The fourth-order valence-electron chi connectivity index (χ4n) is 2.44. The van der Waals surface area contributed by atoms with Crippen LogP contribution in [0.1, 0.15) is 31.0 Å². The van der Waals surface area contributed by atoms with Gasteiger partial charge in [0.25, 0.3) is 11.6 Å². The topological polar surface area (TPSA) is 90.7 Å². The number of hydrogen-bond donors (Lipinski definition) is 1. The monoisotopic (exact) mass is 358 g/mol. The number of rotatable bonds is 8. The highest BCUT2D eigenvalue weighted by atomic mass is 16.6. The molecule has 0 saturated heterocycles. The van der Waals surface area contributed by atoms with Gasteiger partial charge in [0.15, 0.2) is 18.1 Å². The van der Waals surface area contributed by atoms with E-state index in [1.165, 1.54) is 30.9 Å². The summed E-state index contributed by atoms with van der Waals surface area (Å²) in [6.07, 6.45) is 0.958. The number of nitro benzene ring substituents is 1. The molecule has 1 N–H and O–H groups in total. The second-order valence-electron chi connectivity index (χ2n) is 5.77. The predicted octanol–water partition coefficient (Wildman–Crippen LogP) is 3.42. The maximum Gasteiger partial charge on any atom is 0.273 e. The molecule has 0 aliphatic carbocycles. The lowest BCUT2D eigenvalue weighted by Gasteiger charge is -2.16. The summed E-state index contributed by atoms with van der Waals surface area (Å²) >= 11 is 0. The van der Waals surface area contributed by atoms with Gasteiger partial charge in [0.2, 0.25) is 0 Å².